The Balaban J connectivity index is 2.51. The molecule has 0 spiro atoms. The third-order valence-electron chi connectivity index (χ3n) is 3.11. The number of carboxylic acid groups (broad SMARTS) is 1. The largest absolute Gasteiger partial charge is 0.480 e. The molecule has 1 heterocycles. The van der Waals surface area contributed by atoms with Crippen molar-refractivity contribution in [1.29, 1.82) is 0 Å². The van der Waals surface area contributed by atoms with Gasteiger partial charge >= 0.3 is 5.97 Å². The van der Waals surface area contributed by atoms with E-state index in [1.807, 2.05) is 0 Å². The molecule has 19 heavy (non-hydrogen) atoms. The quantitative estimate of drug-likeness (QED) is 0.773. The fourth-order valence-electron chi connectivity index (χ4n) is 1.86. The van der Waals surface area contributed by atoms with E-state index in [0.717, 1.165) is 6.42 Å². The highest BCUT2D eigenvalue weighted by Gasteiger charge is 2.34. The summed E-state index contributed by atoms with van der Waals surface area (Å²) >= 11 is 0. The van der Waals surface area contributed by atoms with Gasteiger partial charge in [-0.05, 0) is 19.3 Å². The summed E-state index contributed by atoms with van der Waals surface area (Å²) in [7, 11) is 0. The first kappa shape index (κ1) is 15.9. The number of rotatable bonds is 6. The van der Waals surface area contributed by atoms with Gasteiger partial charge in [-0.25, -0.2) is 4.79 Å². The summed E-state index contributed by atoms with van der Waals surface area (Å²) in [6.45, 7) is 7.04. The fourth-order valence-corrected chi connectivity index (χ4v) is 1.86. The standard InChI is InChI=1S/C13H23NO5/c1-9(2)4-6-19-10(3)12(15)14-5-7-18-8-11(14)13(16)17/h9-11H,4-8H2,1-3H3,(H,16,17)/t10-,11+/m1/s1. The van der Waals surface area contributed by atoms with Gasteiger partial charge in [0.2, 0.25) is 0 Å². The van der Waals surface area contributed by atoms with Gasteiger partial charge in [-0.3, -0.25) is 4.79 Å². The van der Waals surface area contributed by atoms with Crippen LogP contribution in [-0.4, -0.2) is 60.4 Å². The lowest BCUT2D eigenvalue weighted by Crippen LogP contribution is -2.55. The molecule has 110 valence electrons. The van der Waals surface area contributed by atoms with Crippen LogP contribution in [0.25, 0.3) is 0 Å². The van der Waals surface area contributed by atoms with Crippen molar-refractivity contribution in [2.45, 2.75) is 39.3 Å². The van der Waals surface area contributed by atoms with Gasteiger partial charge < -0.3 is 19.5 Å². The number of carbonyl (C=O) groups is 2. The number of morpholine rings is 1. The average Bonchev–Trinajstić information content (AvgIpc) is 2.37. The second-order valence-electron chi connectivity index (χ2n) is 5.16. The number of nitrogens with zero attached hydrogens (tertiary/aromatic N) is 1. The van der Waals surface area contributed by atoms with Crippen LogP contribution in [0.2, 0.25) is 0 Å². The molecule has 6 heteroatoms. The van der Waals surface area contributed by atoms with Crippen LogP contribution in [0.4, 0.5) is 0 Å². The molecule has 0 radical (unpaired) electrons. The van der Waals surface area contributed by atoms with Crippen LogP contribution < -0.4 is 0 Å². The van der Waals surface area contributed by atoms with Crippen molar-refractivity contribution >= 4 is 11.9 Å². The Morgan fingerprint density at radius 3 is 2.68 bits per heavy atom. The van der Waals surface area contributed by atoms with Gasteiger partial charge in [0, 0.05) is 13.2 Å². The molecule has 0 unspecified atom stereocenters. The minimum absolute atomic E-state index is 0.0415. The van der Waals surface area contributed by atoms with Crippen molar-refractivity contribution in [2.75, 3.05) is 26.4 Å². The molecule has 1 N–H and O–H groups in total. The van der Waals surface area contributed by atoms with Crippen LogP contribution in [0.1, 0.15) is 27.2 Å². The summed E-state index contributed by atoms with van der Waals surface area (Å²) in [6.07, 6.45) is 0.266. The summed E-state index contributed by atoms with van der Waals surface area (Å²) in [5.41, 5.74) is 0. The van der Waals surface area contributed by atoms with Crippen molar-refractivity contribution in [2.24, 2.45) is 5.92 Å². The summed E-state index contributed by atoms with van der Waals surface area (Å²) in [4.78, 5) is 24.6. The maximum atomic E-state index is 12.2. The number of hydrogen-bond acceptors (Lipinski definition) is 4. The van der Waals surface area contributed by atoms with Gasteiger partial charge in [0.05, 0.1) is 13.2 Å². The monoisotopic (exact) mass is 273 g/mol. The lowest BCUT2D eigenvalue weighted by Gasteiger charge is -2.34. The molecular weight excluding hydrogens is 250 g/mol. The first-order valence-electron chi connectivity index (χ1n) is 6.66. The van der Waals surface area contributed by atoms with Crippen molar-refractivity contribution in [3.05, 3.63) is 0 Å². The molecule has 0 aromatic rings. The molecule has 2 atom stereocenters. The smallest absolute Gasteiger partial charge is 0.328 e. The van der Waals surface area contributed by atoms with Crippen LogP contribution in [0, 0.1) is 5.92 Å². The third kappa shape index (κ3) is 4.80. The Labute approximate surface area is 113 Å². The van der Waals surface area contributed by atoms with E-state index in [2.05, 4.69) is 13.8 Å². The van der Waals surface area contributed by atoms with E-state index in [1.54, 1.807) is 6.92 Å². The van der Waals surface area contributed by atoms with E-state index in [4.69, 9.17) is 14.6 Å². The fraction of sp³-hybridized carbons (Fsp3) is 0.846. The Morgan fingerprint density at radius 2 is 2.11 bits per heavy atom. The van der Waals surface area contributed by atoms with Gasteiger partial charge in [0.15, 0.2) is 6.04 Å². The third-order valence-corrected chi connectivity index (χ3v) is 3.11. The van der Waals surface area contributed by atoms with E-state index in [-0.39, 0.29) is 12.5 Å². The minimum atomic E-state index is -1.04. The maximum absolute atomic E-state index is 12.2. The van der Waals surface area contributed by atoms with E-state index in [1.165, 1.54) is 4.90 Å². The lowest BCUT2D eigenvalue weighted by atomic mass is 10.1. The molecule has 1 amide bonds. The zero-order chi connectivity index (χ0) is 14.4. The van der Waals surface area contributed by atoms with Crippen molar-refractivity contribution < 1.29 is 24.2 Å². The Hall–Kier alpha value is -1.14. The Kier molecular flexibility index (Phi) is 6.24. The van der Waals surface area contributed by atoms with Crippen molar-refractivity contribution in [3.63, 3.8) is 0 Å². The number of aliphatic carboxylic acids is 1. The van der Waals surface area contributed by atoms with Crippen molar-refractivity contribution in [1.82, 2.24) is 4.90 Å². The molecular formula is C13H23NO5. The normalized spacial score (nSPS) is 21.5. The van der Waals surface area contributed by atoms with Crippen LogP contribution in [0.5, 0.6) is 0 Å². The highest BCUT2D eigenvalue weighted by Crippen LogP contribution is 2.11. The summed E-state index contributed by atoms with van der Waals surface area (Å²) in [5.74, 6) is -0.806. The molecule has 1 aliphatic rings. The first-order valence-corrected chi connectivity index (χ1v) is 6.66. The van der Waals surface area contributed by atoms with Crippen LogP contribution >= 0.6 is 0 Å². The van der Waals surface area contributed by atoms with E-state index >= 15 is 0 Å². The summed E-state index contributed by atoms with van der Waals surface area (Å²) in [5, 5.41) is 9.07. The summed E-state index contributed by atoms with van der Waals surface area (Å²) in [6, 6.07) is -0.905. The number of amides is 1. The van der Waals surface area contributed by atoms with Crippen molar-refractivity contribution in [3.8, 4) is 0 Å². The second kappa shape index (κ2) is 7.45. The highest BCUT2D eigenvalue weighted by atomic mass is 16.5. The van der Waals surface area contributed by atoms with Gasteiger partial charge in [-0.2, -0.15) is 0 Å². The molecule has 0 saturated carbocycles. The summed E-state index contributed by atoms with van der Waals surface area (Å²) < 4.78 is 10.6. The molecule has 1 rings (SSSR count). The predicted molar refractivity (Wildman–Crippen MR) is 68.8 cm³/mol. The molecule has 1 fully saturated rings. The maximum Gasteiger partial charge on any atom is 0.328 e. The van der Waals surface area contributed by atoms with Crippen LogP contribution in [-0.2, 0) is 19.1 Å². The number of ether oxygens (including phenoxy) is 2. The Bertz CT molecular complexity index is 318. The highest BCUT2D eigenvalue weighted by molar-refractivity contribution is 5.86. The molecule has 6 nitrogen and oxygen atoms in total. The minimum Gasteiger partial charge on any atom is -0.480 e. The van der Waals surface area contributed by atoms with Gasteiger partial charge in [0.25, 0.3) is 5.91 Å². The van der Waals surface area contributed by atoms with E-state index in [9.17, 15) is 9.59 Å². The average molecular weight is 273 g/mol. The zero-order valence-electron chi connectivity index (χ0n) is 11.8. The SMILES string of the molecule is CC(C)CCO[C@H](C)C(=O)N1CCOC[C@H]1C(=O)O. The molecule has 1 aliphatic heterocycles. The molecule has 0 aromatic carbocycles. The topological polar surface area (TPSA) is 76.1 Å². The van der Waals surface area contributed by atoms with E-state index < -0.39 is 18.1 Å². The van der Waals surface area contributed by atoms with Gasteiger partial charge in [-0.1, -0.05) is 13.8 Å². The van der Waals surface area contributed by atoms with E-state index in [0.29, 0.717) is 25.7 Å². The Morgan fingerprint density at radius 1 is 1.42 bits per heavy atom. The molecule has 0 aromatic heterocycles. The number of carbonyl (C=O) groups excluding carboxylic acids is 1. The number of carboxylic acids is 1. The zero-order valence-corrected chi connectivity index (χ0v) is 11.8. The molecule has 1 saturated heterocycles. The molecule has 0 aliphatic carbocycles. The lowest BCUT2D eigenvalue weighted by molar-refractivity contribution is -0.163. The second-order valence-corrected chi connectivity index (χ2v) is 5.16. The van der Waals surface area contributed by atoms with Gasteiger partial charge in [-0.15, -0.1) is 0 Å². The first-order chi connectivity index (χ1) is 8.93. The van der Waals surface area contributed by atoms with Crippen LogP contribution in [0.3, 0.4) is 0 Å². The van der Waals surface area contributed by atoms with Crippen LogP contribution in [0.15, 0.2) is 0 Å². The van der Waals surface area contributed by atoms with Gasteiger partial charge in [0.1, 0.15) is 6.10 Å². The predicted octanol–water partition coefficient (Wildman–Crippen LogP) is 0.750. The number of hydrogen-bond donors (Lipinski definition) is 1. The molecule has 0 bridgehead atoms.